The first kappa shape index (κ1) is 23.4. The fraction of sp³-hybridized carbons (Fsp3) is 0.917. The van der Waals surface area contributed by atoms with E-state index in [2.05, 4.69) is 6.92 Å². The van der Waals surface area contributed by atoms with Gasteiger partial charge in [0.25, 0.3) is 0 Å². The van der Waals surface area contributed by atoms with Gasteiger partial charge in [0.05, 0.1) is 6.61 Å². The van der Waals surface area contributed by atoms with Gasteiger partial charge in [-0.25, -0.2) is 0 Å². The van der Waals surface area contributed by atoms with Crippen molar-refractivity contribution in [2.45, 2.75) is 68.2 Å². The number of hydrogen-bond acceptors (Lipinski definition) is 2. The van der Waals surface area contributed by atoms with Crippen LogP contribution in [0.3, 0.4) is 0 Å². The largest absolute Gasteiger partial charge is 0.466 e. The Morgan fingerprint density at radius 1 is 1.00 bits per heavy atom. The van der Waals surface area contributed by atoms with Crippen molar-refractivity contribution in [2.24, 2.45) is 0 Å². The Kier molecular flexibility index (Phi) is 30.5. The molecule has 0 atom stereocenters. The molecule has 0 aromatic heterocycles. The van der Waals surface area contributed by atoms with Crippen molar-refractivity contribution in [1.29, 1.82) is 0 Å². The molecule has 0 aromatic rings. The van der Waals surface area contributed by atoms with E-state index in [1.54, 1.807) is 0 Å². The third-order valence-corrected chi connectivity index (χ3v) is 1.54. The number of carbonyl (C=O) groups excluding carboxylic acids is 1. The van der Waals surface area contributed by atoms with Crippen LogP contribution >= 0.6 is 0 Å². The summed E-state index contributed by atoms with van der Waals surface area (Å²) in [6.07, 6.45) is 5.15. The highest BCUT2D eigenvalue weighted by Crippen LogP contribution is 2.02. The van der Waals surface area contributed by atoms with Crippen LogP contribution in [-0.4, -0.2) is 12.6 Å². The van der Waals surface area contributed by atoms with Gasteiger partial charge in [-0.3, -0.25) is 4.79 Å². The molecule has 0 spiro atoms. The maximum absolute atomic E-state index is 10.8. The average Bonchev–Trinajstić information content (AvgIpc) is 1.99. The van der Waals surface area contributed by atoms with E-state index >= 15 is 0 Å². The molecule has 0 aromatic carbocycles. The van der Waals surface area contributed by atoms with Gasteiger partial charge in [0, 0.05) is 6.42 Å². The van der Waals surface area contributed by atoms with E-state index in [0.29, 0.717) is 13.0 Å². The highest BCUT2D eigenvalue weighted by atomic mass is 16.5. The van der Waals surface area contributed by atoms with Crippen molar-refractivity contribution in [3.63, 3.8) is 0 Å². The lowest BCUT2D eigenvalue weighted by atomic mass is 10.2. The molecule has 0 saturated heterocycles. The second-order valence-electron chi connectivity index (χ2n) is 2.62. The van der Waals surface area contributed by atoms with E-state index < -0.39 is 0 Å². The maximum Gasteiger partial charge on any atom is 0.305 e. The average molecular weight is 206 g/mol. The number of carbonyl (C=O) groups is 1. The molecular formula is C12H30O2. The Morgan fingerprint density at radius 3 is 2.00 bits per heavy atom. The zero-order valence-corrected chi connectivity index (χ0v) is 7.56. The first-order chi connectivity index (χ1) is 5.31. The number of hydrogen-bond donors (Lipinski definition) is 0. The van der Waals surface area contributed by atoms with E-state index in [4.69, 9.17) is 4.74 Å². The van der Waals surface area contributed by atoms with E-state index in [1.165, 1.54) is 12.8 Å². The van der Waals surface area contributed by atoms with E-state index in [-0.39, 0.29) is 28.2 Å². The van der Waals surface area contributed by atoms with Gasteiger partial charge in [0.2, 0.25) is 0 Å². The minimum atomic E-state index is -0.0522. The molecule has 0 unspecified atom stereocenters. The molecule has 0 bridgehead atoms. The number of rotatable bonds is 6. The smallest absolute Gasteiger partial charge is 0.305 e. The Balaban J connectivity index is -0.000000167. The summed E-state index contributed by atoms with van der Waals surface area (Å²) in [7, 11) is 0. The van der Waals surface area contributed by atoms with Crippen molar-refractivity contribution in [1.82, 2.24) is 0 Å². The summed E-state index contributed by atoms with van der Waals surface area (Å²) >= 11 is 0. The molecule has 0 fully saturated rings. The summed E-state index contributed by atoms with van der Waals surface area (Å²) in [5, 5.41) is 0. The van der Waals surface area contributed by atoms with E-state index in [1.807, 2.05) is 6.92 Å². The number of unbranched alkanes of at least 4 members (excludes halogenated alkanes) is 3. The van der Waals surface area contributed by atoms with Gasteiger partial charge in [0.15, 0.2) is 0 Å². The van der Waals surface area contributed by atoms with Crippen LogP contribution in [0.5, 0.6) is 0 Å². The van der Waals surface area contributed by atoms with Crippen LogP contribution < -0.4 is 0 Å². The van der Waals surface area contributed by atoms with Crippen molar-refractivity contribution in [3.05, 3.63) is 0 Å². The minimum Gasteiger partial charge on any atom is -0.466 e. The summed E-state index contributed by atoms with van der Waals surface area (Å²) in [6, 6.07) is 0. The molecule has 2 heteroatoms. The molecule has 90 valence electrons. The van der Waals surface area contributed by atoms with Crippen molar-refractivity contribution >= 4 is 5.97 Å². The summed E-state index contributed by atoms with van der Waals surface area (Å²) in [6.45, 7) is 4.50. The number of ether oxygens (including phenoxy) is 1. The standard InChI is InChI=1S/C9H18O2.3CH4/c1-3-5-6-7-8-9(10)11-4-2;;;/h3-8H2,1-2H3;3*1H4. The zero-order valence-electron chi connectivity index (χ0n) is 7.56. The fourth-order valence-corrected chi connectivity index (χ4v) is 0.929. The van der Waals surface area contributed by atoms with Crippen LogP contribution in [0.2, 0.25) is 0 Å². The first-order valence-corrected chi connectivity index (χ1v) is 4.46. The van der Waals surface area contributed by atoms with E-state index in [9.17, 15) is 4.79 Å². The third-order valence-electron chi connectivity index (χ3n) is 1.54. The second-order valence-corrected chi connectivity index (χ2v) is 2.62. The van der Waals surface area contributed by atoms with Gasteiger partial charge in [-0.15, -0.1) is 0 Å². The van der Waals surface area contributed by atoms with E-state index in [0.717, 1.165) is 12.8 Å². The molecule has 0 radical (unpaired) electrons. The minimum absolute atomic E-state index is 0. The van der Waals surface area contributed by atoms with Gasteiger partial charge in [-0.1, -0.05) is 48.5 Å². The summed E-state index contributed by atoms with van der Waals surface area (Å²) in [5.41, 5.74) is 0. The monoisotopic (exact) mass is 206 g/mol. The van der Waals surface area contributed by atoms with Crippen LogP contribution in [0.1, 0.15) is 68.2 Å². The highest BCUT2D eigenvalue weighted by Gasteiger charge is 1.99. The molecule has 0 heterocycles. The van der Waals surface area contributed by atoms with Gasteiger partial charge in [-0.2, -0.15) is 0 Å². The zero-order chi connectivity index (χ0) is 8.53. The van der Waals surface area contributed by atoms with Gasteiger partial charge in [0.1, 0.15) is 0 Å². The van der Waals surface area contributed by atoms with Crippen LogP contribution in [0.25, 0.3) is 0 Å². The topological polar surface area (TPSA) is 26.3 Å². The lowest BCUT2D eigenvalue weighted by molar-refractivity contribution is -0.143. The maximum atomic E-state index is 10.8. The summed E-state index contributed by atoms with van der Waals surface area (Å²) in [5.74, 6) is -0.0522. The third kappa shape index (κ3) is 17.5. The molecule has 0 aliphatic heterocycles. The van der Waals surface area contributed by atoms with Crippen molar-refractivity contribution < 1.29 is 9.53 Å². The molecule has 14 heavy (non-hydrogen) atoms. The molecule has 0 rings (SSSR count). The molecular weight excluding hydrogens is 176 g/mol. The van der Waals surface area contributed by atoms with Crippen molar-refractivity contribution in [2.75, 3.05) is 6.61 Å². The lowest BCUT2D eigenvalue weighted by Crippen LogP contribution is -2.02. The Morgan fingerprint density at radius 2 is 1.57 bits per heavy atom. The van der Waals surface area contributed by atoms with Crippen LogP contribution in [0, 0.1) is 0 Å². The first-order valence-electron chi connectivity index (χ1n) is 4.46. The Hall–Kier alpha value is -0.530. The summed E-state index contributed by atoms with van der Waals surface area (Å²) < 4.78 is 4.78. The Labute approximate surface area is 91.0 Å². The Bertz CT molecular complexity index is 100. The predicted octanol–water partition coefficient (Wildman–Crippen LogP) is 4.43. The number of esters is 1. The second kappa shape index (κ2) is 18.3. The SMILES string of the molecule is C.C.C.CCCCCCC(=O)OCC. The molecule has 0 N–H and O–H groups in total. The lowest BCUT2D eigenvalue weighted by Gasteiger charge is -2.00. The predicted molar refractivity (Wildman–Crippen MR) is 65.6 cm³/mol. The van der Waals surface area contributed by atoms with Gasteiger partial charge >= 0.3 is 5.97 Å². The molecule has 0 amide bonds. The molecule has 2 nitrogen and oxygen atoms in total. The molecule has 0 aliphatic rings. The fourth-order valence-electron chi connectivity index (χ4n) is 0.929. The normalized spacial score (nSPS) is 7.57. The van der Waals surface area contributed by atoms with Crippen LogP contribution in [0.15, 0.2) is 0 Å². The van der Waals surface area contributed by atoms with Crippen molar-refractivity contribution in [3.8, 4) is 0 Å². The highest BCUT2D eigenvalue weighted by molar-refractivity contribution is 5.69. The van der Waals surface area contributed by atoms with Gasteiger partial charge in [-0.05, 0) is 13.3 Å². The summed E-state index contributed by atoms with van der Waals surface area (Å²) in [4.78, 5) is 10.8. The quantitative estimate of drug-likeness (QED) is 0.475. The van der Waals surface area contributed by atoms with Crippen LogP contribution in [-0.2, 0) is 9.53 Å². The van der Waals surface area contributed by atoms with Gasteiger partial charge < -0.3 is 4.74 Å². The van der Waals surface area contributed by atoms with Crippen LogP contribution in [0.4, 0.5) is 0 Å². The molecule has 0 aliphatic carbocycles. The molecule has 0 saturated carbocycles.